The van der Waals surface area contributed by atoms with Gasteiger partial charge >= 0.3 is 0 Å². The maximum absolute atomic E-state index is 5.92. The monoisotopic (exact) mass is 309 g/mol. The van der Waals surface area contributed by atoms with E-state index in [0.29, 0.717) is 16.6 Å². The van der Waals surface area contributed by atoms with Crippen molar-refractivity contribution in [2.24, 2.45) is 0 Å². The summed E-state index contributed by atoms with van der Waals surface area (Å²) in [6.07, 6.45) is 5.06. The average molecular weight is 311 g/mol. The molecule has 0 N–H and O–H groups in total. The Labute approximate surface area is 110 Å². The van der Waals surface area contributed by atoms with Crippen LogP contribution in [0.25, 0.3) is 17.2 Å². The number of nitrogens with zero attached hydrogens (tertiary/aromatic N) is 5. The molecule has 7 heteroatoms. The number of pyridine rings is 1. The van der Waals surface area contributed by atoms with Gasteiger partial charge in [0, 0.05) is 23.1 Å². The molecule has 0 aliphatic heterocycles. The minimum absolute atomic E-state index is 0.323. The van der Waals surface area contributed by atoms with Crippen LogP contribution in [0.4, 0.5) is 0 Å². The summed E-state index contributed by atoms with van der Waals surface area (Å²) in [6.45, 7) is 0. The molecule has 0 aliphatic rings. The van der Waals surface area contributed by atoms with E-state index >= 15 is 0 Å². The smallest absolute Gasteiger partial charge is 0.198 e. The first-order chi connectivity index (χ1) is 8.25. The molecule has 0 bridgehead atoms. The molecule has 5 nitrogen and oxygen atoms in total. The number of halogens is 2. The molecule has 0 radical (unpaired) electrons. The van der Waals surface area contributed by atoms with E-state index < -0.39 is 0 Å². The Bertz CT molecular complexity index is 679. The van der Waals surface area contributed by atoms with E-state index in [1.807, 2.05) is 12.1 Å². The Kier molecular flexibility index (Phi) is 2.53. The van der Waals surface area contributed by atoms with Crippen molar-refractivity contribution >= 4 is 33.2 Å². The summed E-state index contributed by atoms with van der Waals surface area (Å²) in [6, 6.07) is 3.75. The first-order valence-electron chi connectivity index (χ1n) is 4.73. The SMILES string of the molecule is Clc1nccn2c(-c3ccc(Br)cn3)nnc12. The van der Waals surface area contributed by atoms with Crippen LogP contribution in [0.1, 0.15) is 0 Å². The Morgan fingerprint density at radius 2 is 2.06 bits per heavy atom. The Balaban J connectivity index is 2.24. The van der Waals surface area contributed by atoms with Gasteiger partial charge in [0.05, 0.1) is 0 Å². The van der Waals surface area contributed by atoms with Crippen molar-refractivity contribution < 1.29 is 0 Å². The van der Waals surface area contributed by atoms with E-state index in [1.54, 1.807) is 23.0 Å². The third-order valence-corrected chi connectivity index (χ3v) is 2.98. The van der Waals surface area contributed by atoms with E-state index in [-0.39, 0.29) is 0 Å². The lowest BCUT2D eigenvalue weighted by molar-refractivity contribution is 1.08. The zero-order chi connectivity index (χ0) is 11.8. The lowest BCUT2D eigenvalue weighted by atomic mass is 10.3. The summed E-state index contributed by atoms with van der Waals surface area (Å²) >= 11 is 9.25. The highest BCUT2D eigenvalue weighted by Crippen LogP contribution is 2.20. The summed E-state index contributed by atoms with van der Waals surface area (Å²) in [7, 11) is 0. The van der Waals surface area contributed by atoms with Gasteiger partial charge in [0.2, 0.25) is 0 Å². The Morgan fingerprint density at radius 1 is 1.18 bits per heavy atom. The number of hydrogen-bond acceptors (Lipinski definition) is 4. The molecule has 0 saturated carbocycles. The summed E-state index contributed by atoms with van der Waals surface area (Å²) in [5, 5.41) is 8.37. The Hall–Kier alpha value is -1.53. The van der Waals surface area contributed by atoms with Crippen molar-refractivity contribution in [3.05, 3.63) is 40.3 Å². The lowest BCUT2D eigenvalue weighted by Gasteiger charge is -1.99. The quantitative estimate of drug-likeness (QED) is 0.693. The van der Waals surface area contributed by atoms with Gasteiger partial charge in [0.25, 0.3) is 0 Å². The van der Waals surface area contributed by atoms with E-state index in [9.17, 15) is 0 Å². The van der Waals surface area contributed by atoms with Gasteiger partial charge in [-0.1, -0.05) is 11.6 Å². The predicted molar refractivity (Wildman–Crippen MR) is 66.7 cm³/mol. The topological polar surface area (TPSA) is 56.0 Å². The highest BCUT2D eigenvalue weighted by atomic mass is 79.9. The predicted octanol–water partition coefficient (Wildman–Crippen LogP) is 2.60. The van der Waals surface area contributed by atoms with Crippen LogP contribution in [0, 0.1) is 0 Å². The maximum atomic E-state index is 5.92. The molecular formula is C10H5BrClN5. The first kappa shape index (κ1) is 10.6. The normalized spacial score (nSPS) is 10.9. The van der Waals surface area contributed by atoms with Crippen LogP contribution in [0.2, 0.25) is 5.15 Å². The van der Waals surface area contributed by atoms with E-state index in [0.717, 1.165) is 10.2 Å². The summed E-state index contributed by atoms with van der Waals surface area (Å²) in [4.78, 5) is 8.21. The molecule has 3 heterocycles. The third kappa shape index (κ3) is 1.79. The molecule has 3 aromatic rings. The molecule has 0 aromatic carbocycles. The molecule has 0 saturated heterocycles. The third-order valence-electron chi connectivity index (χ3n) is 2.24. The zero-order valence-corrected chi connectivity index (χ0v) is 10.7. The van der Waals surface area contributed by atoms with Crippen LogP contribution in [-0.2, 0) is 0 Å². The number of aromatic nitrogens is 5. The number of fused-ring (bicyclic) bond motifs is 1. The standard InChI is InChI=1S/C10H5BrClN5/c11-6-1-2-7(14-5-6)9-15-16-10-8(12)13-3-4-17(9)10/h1-5H. The molecule has 0 atom stereocenters. The fraction of sp³-hybridized carbons (Fsp3) is 0. The second-order valence-electron chi connectivity index (χ2n) is 3.30. The van der Waals surface area contributed by atoms with Crippen LogP contribution in [-0.4, -0.2) is 24.6 Å². The van der Waals surface area contributed by atoms with Gasteiger partial charge in [-0.25, -0.2) is 4.98 Å². The van der Waals surface area contributed by atoms with Crippen molar-refractivity contribution in [2.75, 3.05) is 0 Å². The number of rotatable bonds is 1. The van der Waals surface area contributed by atoms with Crippen molar-refractivity contribution in [2.45, 2.75) is 0 Å². The Morgan fingerprint density at radius 3 is 2.82 bits per heavy atom. The molecule has 0 unspecified atom stereocenters. The van der Waals surface area contributed by atoms with Crippen molar-refractivity contribution in [1.82, 2.24) is 24.6 Å². The second-order valence-corrected chi connectivity index (χ2v) is 4.57. The van der Waals surface area contributed by atoms with Crippen LogP contribution < -0.4 is 0 Å². The van der Waals surface area contributed by atoms with Crippen LogP contribution in [0.5, 0.6) is 0 Å². The molecule has 3 aromatic heterocycles. The van der Waals surface area contributed by atoms with Gasteiger partial charge in [0.15, 0.2) is 16.6 Å². The summed E-state index contributed by atoms with van der Waals surface area (Å²) < 4.78 is 2.67. The van der Waals surface area contributed by atoms with Gasteiger partial charge in [-0.15, -0.1) is 10.2 Å². The van der Waals surface area contributed by atoms with Crippen molar-refractivity contribution in [3.8, 4) is 11.5 Å². The molecule has 0 fully saturated rings. The van der Waals surface area contributed by atoms with Gasteiger partial charge in [-0.2, -0.15) is 0 Å². The average Bonchev–Trinajstić information content (AvgIpc) is 2.75. The number of hydrogen-bond donors (Lipinski definition) is 0. The second kappa shape index (κ2) is 4.05. The first-order valence-corrected chi connectivity index (χ1v) is 5.90. The lowest BCUT2D eigenvalue weighted by Crippen LogP contribution is -1.92. The fourth-order valence-electron chi connectivity index (χ4n) is 1.48. The van der Waals surface area contributed by atoms with Crippen LogP contribution >= 0.6 is 27.5 Å². The largest absolute Gasteiger partial charge is 0.277 e. The molecule has 17 heavy (non-hydrogen) atoms. The van der Waals surface area contributed by atoms with E-state index in [1.165, 1.54) is 0 Å². The fourth-order valence-corrected chi connectivity index (χ4v) is 1.90. The highest BCUT2D eigenvalue weighted by molar-refractivity contribution is 9.10. The molecule has 0 aliphatic carbocycles. The minimum Gasteiger partial charge on any atom is -0.277 e. The van der Waals surface area contributed by atoms with Crippen molar-refractivity contribution in [3.63, 3.8) is 0 Å². The van der Waals surface area contributed by atoms with Gasteiger partial charge in [-0.05, 0) is 28.1 Å². The highest BCUT2D eigenvalue weighted by Gasteiger charge is 2.11. The van der Waals surface area contributed by atoms with Gasteiger partial charge in [0.1, 0.15) is 5.69 Å². The van der Waals surface area contributed by atoms with Gasteiger partial charge < -0.3 is 0 Å². The molecule has 0 spiro atoms. The van der Waals surface area contributed by atoms with Crippen LogP contribution in [0.15, 0.2) is 35.2 Å². The van der Waals surface area contributed by atoms with Crippen LogP contribution in [0.3, 0.4) is 0 Å². The van der Waals surface area contributed by atoms with Gasteiger partial charge in [-0.3, -0.25) is 9.38 Å². The van der Waals surface area contributed by atoms with Crippen molar-refractivity contribution in [1.29, 1.82) is 0 Å². The van der Waals surface area contributed by atoms with E-state index in [2.05, 4.69) is 36.1 Å². The molecule has 84 valence electrons. The summed E-state index contributed by atoms with van der Waals surface area (Å²) in [5.74, 6) is 0.636. The van der Waals surface area contributed by atoms with E-state index in [4.69, 9.17) is 11.6 Å². The summed E-state index contributed by atoms with van der Waals surface area (Å²) in [5.41, 5.74) is 1.25. The zero-order valence-electron chi connectivity index (χ0n) is 8.38. The molecule has 3 rings (SSSR count). The minimum atomic E-state index is 0.323. The molecule has 0 amide bonds. The molecular weight excluding hydrogens is 306 g/mol. The maximum Gasteiger partial charge on any atom is 0.198 e.